The number of benzene rings is 2. The quantitative estimate of drug-likeness (QED) is 0.772. The van der Waals surface area contributed by atoms with E-state index >= 15 is 0 Å². The number of rotatable bonds is 4. The summed E-state index contributed by atoms with van der Waals surface area (Å²) >= 11 is 0. The van der Waals surface area contributed by atoms with Gasteiger partial charge in [-0.1, -0.05) is 0 Å². The summed E-state index contributed by atoms with van der Waals surface area (Å²) in [4.78, 5) is 17.5. The molecule has 148 valence electrons. The summed E-state index contributed by atoms with van der Waals surface area (Å²) < 4.78 is 18.6. The van der Waals surface area contributed by atoms with Crippen molar-refractivity contribution in [1.29, 1.82) is 0 Å². The maximum atomic E-state index is 13.3. The Hall–Kier alpha value is -2.37. The van der Waals surface area contributed by atoms with E-state index in [9.17, 15) is 9.18 Å². The number of amides is 1. The molecule has 4 rings (SSSR count). The minimum absolute atomic E-state index is 0. The van der Waals surface area contributed by atoms with Crippen LogP contribution in [-0.2, 0) is 0 Å². The Morgan fingerprint density at radius 2 is 1.79 bits per heavy atom. The average Bonchev–Trinajstić information content (AvgIpc) is 2.90. The van der Waals surface area contributed by atoms with Crippen LogP contribution >= 0.6 is 0 Å². The first kappa shape index (κ1) is 20.4. The van der Waals surface area contributed by atoms with Crippen LogP contribution in [0.25, 0.3) is 0 Å². The largest absolute Gasteiger partial charge is 1.00 e. The molecule has 0 aliphatic carbocycles. The summed E-state index contributed by atoms with van der Waals surface area (Å²) in [5.74, 6) is 0.250. The molecule has 28 heavy (non-hydrogen) atoms. The number of likely N-dealkylation sites (N-methyl/N-ethyl adjacent to an activating group) is 1. The van der Waals surface area contributed by atoms with Gasteiger partial charge in [-0.2, -0.15) is 0 Å². The van der Waals surface area contributed by atoms with E-state index in [0.29, 0.717) is 17.6 Å². The van der Waals surface area contributed by atoms with Crippen LogP contribution in [0, 0.1) is 5.82 Å². The number of hydrogen-bond acceptors (Lipinski definition) is 3. The number of anilines is 1. The second kappa shape index (κ2) is 8.33. The fraction of sp³-hybridized carbons (Fsp3) is 0.318. The van der Waals surface area contributed by atoms with Crippen molar-refractivity contribution in [3.63, 3.8) is 0 Å². The summed E-state index contributed by atoms with van der Waals surface area (Å²) in [6.45, 7) is 0. The van der Waals surface area contributed by atoms with E-state index in [-0.39, 0.29) is 24.1 Å². The number of fused-ring (bicyclic) bond motifs is 2. The maximum Gasteiger partial charge on any atom is 0.262 e. The van der Waals surface area contributed by atoms with Crippen molar-refractivity contribution in [2.75, 3.05) is 19.1 Å². The van der Waals surface area contributed by atoms with E-state index in [0.717, 1.165) is 36.4 Å². The van der Waals surface area contributed by atoms with Gasteiger partial charge in [0, 0.05) is 35.5 Å². The summed E-state index contributed by atoms with van der Waals surface area (Å²) in [5.41, 5.74) is 2.28. The topological polar surface area (TPSA) is 32.8 Å². The Morgan fingerprint density at radius 1 is 1.11 bits per heavy atom. The number of ether oxygens (including phenoxy) is 1. The van der Waals surface area contributed by atoms with Gasteiger partial charge in [-0.15, -0.1) is 0 Å². The van der Waals surface area contributed by atoms with Gasteiger partial charge < -0.3 is 17.1 Å². The van der Waals surface area contributed by atoms with Crippen molar-refractivity contribution in [2.24, 2.45) is 0 Å². The highest BCUT2D eigenvalue weighted by atomic mass is 35.5. The van der Waals surface area contributed by atoms with Gasteiger partial charge in [0.05, 0.1) is 7.11 Å². The van der Waals surface area contributed by atoms with Crippen LogP contribution in [0.2, 0.25) is 0 Å². The molecular weight excluding hydrogens is 379 g/mol. The van der Waals surface area contributed by atoms with Crippen LogP contribution in [0.1, 0.15) is 29.6 Å². The number of carbonyl (C=O) groups excluding carboxylic acids is 1. The minimum Gasteiger partial charge on any atom is -1.00 e. The first-order valence-electron chi connectivity index (χ1n) is 9.23. The van der Waals surface area contributed by atoms with Crippen molar-refractivity contribution >= 4 is 11.6 Å². The molecule has 6 heteroatoms. The highest BCUT2D eigenvalue weighted by Gasteiger charge is 2.37. The van der Waals surface area contributed by atoms with Crippen LogP contribution in [0.5, 0.6) is 5.75 Å². The van der Waals surface area contributed by atoms with Crippen LogP contribution < -0.4 is 22.0 Å². The summed E-state index contributed by atoms with van der Waals surface area (Å²) in [6, 6.07) is 14.0. The van der Waals surface area contributed by atoms with Gasteiger partial charge in [0.15, 0.2) is 0 Å². The predicted molar refractivity (Wildman–Crippen MR) is 103 cm³/mol. The Bertz CT molecular complexity index is 867. The smallest absolute Gasteiger partial charge is 0.262 e. The van der Waals surface area contributed by atoms with E-state index in [4.69, 9.17) is 4.74 Å². The van der Waals surface area contributed by atoms with Gasteiger partial charge >= 0.3 is 0 Å². The second-order valence-electron chi connectivity index (χ2n) is 7.17. The van der Waals surface area contributed by atoms with Gasteiger partial charge in [0.1, 0.15) is 11.6 Å². The number of nitrogens with zero attached hydrogens (tertiary/aromatic N) is 2. The molecule has 0 saturated carbocycles. The Kier molecular flexibility index (Phi) is 6.06. The van der Waals surface area contributed by atoms with E-state index < -0.39 is 0 Å². The summed E-state index contributed by atoms with van der Waals surface area (Å²) in [6.07, 6.45) is 5.29. The zero-order valence-corrected chi connectivity index (χ0v) is 16.7. The number of methoxy groups -OCH3 is 1. The van der Waals surface area contributed by atoms with Crippen LogP contribution in [0.4, 0.5) is 10.1 Å². The molecule has 4 nitrogen and oxygen atoms in total. The average molecular weight is 402 g/mol. The number of hydrogen-bond donors (Lipinski definition) is 0. The Labute approximate surface area is 171 Å². The molecule has 0 N–H and O–H groups in total. The first-order valence-corrected chi connectivity index (χ1v) is 9.23. The minimum atomic E-state index is -0.348. The van der Waals surface area contributed by atoms with E-state index in [2.05, 4.69) is 18.0 Å². The van der Waals surface area contributed by atoms with E-state index in [1.54, 1.807) is 12.0 Å². The standard InChI is InChI=1S/C22H23FN2O2.ClH/c1-24-18-7-8-19(24)14-20(13-18)25(17-9-11-21(27-2)12-10-17)22(26)15-3-5-16(23)6-4-15;/h3-6,9-13,18-19H,7-8,14H2,1-2H3;1H/p-1. The van der Waals surface area contributed by atoms with E-state index in [1.807, 2.05) is 24.3 Å². The van der Waals surface area contributed by atoms with Crippen LogP contribution in [0.15, 0.2) is 60.3 Å². The third-order valence-electron chi connectivity index (χ3n) is 5.64. The summed E-state index contributed by atoms with van der Waals surface area (Å²) in [7, 11) is 3.77. The van der Waals surface area contributed by atoms with Crippen molar-refractivity contribution < 1.29 is 26.3 Å². The first-order chi connectivity index (χ1) is 13.1. The number of carbonyl (C=O) groups is 1. The van der Waals surface area contributed by atoms with E-state index in [1.165, 1.54) is 24.3 Å². The zero-order valence-electron chi connectivity index (χ0n) is 15.9. The van der Waals surface area contributed by atoms with Crippen molar-refractivity contribution in [1.82, 2.24) is 4.90 Å². The van der Waals surface area contributed by atoms with Gasteiger partial charge in [-0.05, 0) is 74.5 Å². The second-order valence-corrected chi connectivity index (χ2v) is 7.17. The molecule has 2 atom stereocenters. The molecule has 2 aliphatic rings. The lowest BCUT2D eigenvalue weighted by Crippen LogP contribution is -3.00. The molecule has 2 heterocycles. The van der Waals surface area contributed by atoms with Gasteiger partial charge in [0.2, 0.25) is 0 Å². The molecule has 2 bridgehead atoms. The predicted octanol–water partition coefficient (Wildman–Crippen LogP) is 1.24. The fourth-order valence-corrected chi connectivity index (χ4v) is 4.05. The Morgan fingerprint density at radius 3 is 2.39 bits per heavy atom. The molecule has 0 radical (unpaired) electrons. The lowest BCUT2D eigenvalue weighted by atomic mass is 10.0. The third kappa shape index (κ3) is 3.77. The molecule has 2 aliphatic heterocycles. The Balaban J connectivity index is 0.00000225. The van der Waals surface area contributed by atoms with Crippen molar-refractivity contribution in [2.45, 2.75) is 31.3 Å². The molecule has 1 fully saturated rings. The van der Waals surface area contributed by atoms with Gasteiger partial charge in [-0.25, -0.2) is 4.39 Å². The SMILES string of the molecule is COc1ccc(N(C(=O)c2ccc(F)cc2)C2=CC3CCC(C2)N3C)cc1.[Cl-]. The van der Waals surface area contributed by atoms with Crippen molar-refractivity contribution in [3.05, 3.63) is 71.7 Å². The highest BCUT2D eigenvalue weighted by Crippen LogP contribution is 2.37. The molecule has 2 unspecified atom stereocenters. The third-order valence-corrected chi connectivity index (χ3v) is 5.64. The molecule has 0 aromatic heterocycles. The van der Waals surface area contributed by atoms with Gasteiger partial charge in [-0.3, -0.25) is 14.6 Å². The molecule has 2 aromatic rings. The maximum absolute atomic E-state index is 13.3. The monoisotopic (exact) mass is 401 g/mol. The molecule has 1 saturated heterocycles. The normalized spacial score (nSPS) is 20.9. The van der Waals surface area contributed by atoms with Crippen LogP contribution in [-0.4, -0.2) is 37.0 Å². The summed E-state index contributed by atoms with van der Waals surface area (Å²) in [5, 5.41) is 0. The van der Waals surface area contributed by atoms with Gasteiger partial charge in [0.25, 0.3) is 5.91 Å². The zero-order chi connectivity index (χ0) is 19.0. The highest BCUT2D eigenvalue weighted by molar-refractivity contribution is 6.08. The lowest BCUT2D eigenvalue weighted by molar-refractivity contribution is -0.0000143. The lowest BCUT2D eigenvalue weighted by Gasteiger charge is -2.35. The molecule has 2 aromatic carbocycles. The number of halogens is 2. The van der Waals surface area contributed by atoms with Crippen molar-refractivity contribution in [3.8, 4) is 5.75 Å². The van der Waals surface area contributed by atoms with Crippen LogP contribution in [0.3, 0.4) is 0 Å². The molecular formula is C22H23ClFN2O2-. The molecule has 0 spiro atoms. The fourth-order valence-electron chi connectivity index (χ4n) is 4.05. The molecule has 1 amide bonds.